The van der Waals surface area contributed by atoms with E-state index in [1.165, 1.54) is 54.3 Å². The van der Waals surface area contributed by atoms with E-state index in [9.17, 15) is 0 Å². The van der Waals surface area contributed by atoms with E-state index in [4.69, 9.17) is 0 Å². The van der Waals surface area contributed by atoms with Crippen molar-refractivity contribution in [3.8, 4) is 0 Å². The summed E-state index contributed by atoms with van der Waals surface area (Å²) in [5.74, 6) is 2.70. The SMILES string of the molecule is Cn1c(SCc2cccc3ccccc23)nnc1C1CCCCC1. The van der Waals surface area contributed by atoms with Gasteiger partial charge in [0.2, 0.25) is 0 Å². The predicted octanol–water partition coefficient (Wildman–Crippen LogP) is 5.31. The first-order valence-electron chi connectivity index (χ1n) is 8.81. The molecule has 1 fully saturated rings. The first kappa shape index (κ1) is 15.7. The highest BCUT2D eigenvalue weighted by Gasteiger charge is 2.21. The molecule has 0 aliphatic heterocycles. The molecule has 0 bridgehead atoms. The Morgan fingerprint density at radius 1 is 1.00 bits per heavy atom. The molecule has 0 amide bonds. The fourth-order valence-corrected chi connectivity index (χ4v) is 4.65. The molecule has 124 valence electrons. The maximum Gasteiger partial charge on any atom is 0.191 e. The number of benzene rings is 2. The van der Waals surface area contributed by atoms with E-state index in [1.54, 1.807) is 11.8 Å². The summed E-state index contributed by atoms with van der Waals surface area (Å²) in [5.41, 5.74) is 1.36. The second-order valence-electron chi connectivity index (χ2n) is 6.66. The lowest BCUT2D eigenvalue weighted by Gasteiger charge is -2.20. The van der Waals surface area contributed by atoms with Gasteiger partial charge < -0.3 is 4.57 Å². The second-order valence-corrected chi connectivity index (χ2v) is 7.60. The highest BCUT2D eigenvalue weighted by atomic mass is 32.2. The van der Waals surface area contributed by atoms with Gasteiger partial charge in [0.15, 0.2) is 5.16 Å². The molecular weight excluding hydrogens is 314 g/mol. The Morgan fingerprint density at radius 3 is 2.67 bits per heavy atom. The van der Waals surface area contributed by atoms with Crippen molar-refractivity contribution in [2.45, 2.75) is 48.9 Å². The molecular formula is C20H23N3S. The van der Waals surface area contributed by atoms with Crippen LogP contribution in [0.25, 0.3) is 10.8 Å². The normalized spacial score (nSPS) is 15.9. The lowest BCUT2D eigenvalue weighted by molar-refractivity contribution is 0.418. The van der Waals surface area contributed by atoms with Crippen molar-refractivity contribution in [1.82, 2.24) is 14.8 Å². The van der Waals surface area contributed by atoms with E-state index in [0.717, 1.165) is 10.9 Å². The van der Waals surface area contributed by atoms with Crippen LogP contribution in [0.5, 0.6) is 0 Å². The molecule has 1 saturated carbocycles. The van der Waals surface area contributed by atoms with E-state index in [0.29, 0.717) is 5.92 Å². The summed E-state index contributed by atoms with van der Waals surface area (Å²) in [6.45, 7) is 0. The van der Waals surface area contributed by atoms with Crippen LogP contribution >= 0.6 is 11.8 Å². The minimum Gasteiger partial charge on any atom is -0.309 e. The van der Waals surface area contributed by atoms with Crippen LogP contribution < -0.4 is 0 Å². The van der Waals surface area contributed by atoms with Crippen LogP contribution in [0, 0.1) is 0 Å². The molecule has 0 saturated heterocycles. The lowest BCUT2D eigenvalue weighted by Crippen LogP contribution is -2.10. The molecule has 0 unspecified atom stereocenters. The Kier molecular flexibility index (Phi) is 4.56. The third-order valence-corrected chi connectivity index (χ3v) is 6.14. The van der Waals surface area contributed by atoms with Gasteiger partial charge in [0.25, 0.3) is 0 Å². The molecule has 1 heterocycles. The molecule has 1 aliphatic carbocycles. The van der Waals surface area contributed by atoms with Gasteiger partial charge in [-0.3, -0.25) is 0 Å². The first-order valence-corrected chi connectivity index (χ1v) is 9.80. The van der Waals surface area contributed by atoms with Gasteiger partial charge in [-0.25, -0.2) is 0 Å². The van der Waals surface area contributed by atoms with Crippen molar-refractivity contribution in [3.63, 3.8) is 0 Å². The van der Waals surface area contributed by atoms with Crippen LogP contribution in [0.2, 0.25) is 0 Å². The largest absolute Gasteiger partial charge is 0.309 e. The average molecular weight is 337 g/mol. The number of aromatic nitrogens is 3. The third-order valence-electron chi connectivity index (χ3n) is 5.08. The zero-order valence-electron chi connectivity index (χ0n) is 14.1. The Labute approximate surface area is 147 Å². The standard InChI is InChI=1S/C20H23N3S/c1-23-19(16-9-3-2-4-10-16)21-22-20(23)24-14-17-12-7-11-15-8-5-6-13-18(15)17/h5-8,11-13,16H,2-4,9-10,14H2,1H3. The van der Waals surface area contributed by atoms with Gasteiger partial charge in [0.05, 0.1) is 0 Å². The maximum absolute atomic E-state index is 4.51. The van der Waals surface area contributed by atoms with Crippen LogP contribution in [-0.4, -0.2) is 14.8 Å². The minimum atomic E-state index is 0.600. The zero-order valence-corrected chi connectivity index (χ0v) is 14.9. The number of nitrogens with zero attached hydrogens (tertiary/aromatic N) is 3. The molecule has 24 heavy (non-hydrogen) atoms. The number of hydrogen-bond acceptors (Lipinski definition) is 3. The summed E-state index contributed by atoms with van der Waals surface area (Å²) in [4.78, 5) is 0. The minimum absolute atomic E-state index is 0.600. The summed E-state index contributed by atoms with van der Waals surface area (Å²) >= 11 is 1.79. The predicted molar refractivity (Wildman–Crippen MR) is 100 cm³/mol. The maximum atomic E-state index is 4.51. The van der Waals surface area contributed by atoms with Crippen molar-refractivity contribution in [3.05, 3.63) is 53.9 Å². The quantitative estimate of drug-likeness (QED) is 0.605. The Morgan fingerprint density at radius 2 is 1.79 bits per heavy atom. The van der Waals surface area contributed by atoms with Gasteiger partial charge in [-0.1, -0.05) is 73.5 Å². The molecule has 3 nitrogen and oxygen atoms in total. The highest BCUT2D eigenvalue weighted by Crippen LogP contribution is 2.33. The monoisotopic (exact) mass is 337 g/mol. The van der Waals surface area contributed by atoms with E-state index in [2.05, 4.69) is 64.3 Å². The molecule has 1 aromatic heterocycles. The molecule has 0 radical (unpaired) electrons. The first-order chi connectivity index (χ1) is 11.8. The van der Waals surface area contributed by atoms with Gasteiger partial charge in [-0.05, 0) is 29.2 Å². The molecule has 2 aromatic carbocycles. The van der Waals surface area contributed by atoms with Crippen molar-refractivity contribution >= 4 is 22.5 Å². The van der Waals surface area contributed by atoms with Crippen LogP contribution in [0.15, 0.2) is 47.6 Å². The second kappa shape index (κ2) is 6.98. The Balaban J connectivity index is 1.52. The van der Waals surface area contributed by atoms with Gasteiger partial charge in [-0.15, -0.1) is 10.2 Å². The van der Waals surface area contributed by atoms with Crippen LogP contribution in [0.1, 0.15) is 49.4 Å². The molecule has 4 rings (SSSR count). The smallest absolute Gasteiger partial charge is 0.191 e. The summed E-state index contributed by atoms with van der Waals surface area (Å²) in [7, 11) is 2.12. The zero-order chi connectivity index (χ0) is 16.4. The van der Waals surface area contributed by atoms with Gasteiger partial charge in [0.1, 0.15) is 5.82 Å². The topological polar surface area (TPSA) is 30.7 Å². The van der Waals surface area contributed by atoms with Crippen molar-refractivity contribution in [2.75, 3.05) is 0 Å². The van der Waals surface area contributed by atoms with Gasteiger partial charge >= 0.3 is 0 Å². The summed E-state index contributed by atoms with van der Waals surface area (Å²) in [6.07, 6.45) is 6.56. The van der Waals surface area contributed by atoms with Crippen molar-refractivity contribution < 1.29 is 0 Å². The molecule has 1 aliphatic rings. The average Bonchev–Trinajstić information content (AvgIpc) is 3.01. The van der Waals surface area contributed by atoms with Crippen molar-refractivity contribution in [1.29, 1.82) is 0 Å². The fourth-order valence-electron chi connectivity index (χ4n) is 3.73. The number of hydrogen-bond donors (Lipinski definition) is 0. The summed E-state index contributed by atoms with van der Waals surface area (Å²) in [6, 6.07) is 15.1. The van der Waals surface area contributed by atoms with Gasteiger partial charge in [0, 0.05) is 18.7 Å². The number of rotatable bonds is 4. The molecule has 0 N–H and O–H groups in total. The fraction of sp³-hybridized carbons (Fsp3) is 0.400. The third kappa shape index (κ3) is 3.07. The van der Waals surface area contributed by atoms with Crippen molar-refractivity contribution in [2.24, 2.45) is 7.05 Å². The molecule has 0 spiro atoms. The summed E-state index contributed by atoms with van der Waals surface area (Å²) < 4.78 is 2.21. The van der Waals surface area contributed by atoms with Crippen LogP contribution in [-0.2, 0) is 12.8 Å². The van der Waals surface area contributed by atoms with E-state index >= 15 is 0 Å². The van der Waals surface area contributed by atoms with Gasteiger partial charge in [-0.2, -0.15) is 0 Å². The van der Waals surface area contributed by atoms with E-state index in [1.807, 2.05) is 0 Å². The molecule has 3 aromatic rings. The number of thioether (sulfide) groups is 1. The van der Waals surface area contributed by atoms with Crippen LogP contribution in [0.3, 0.4) is 0 Å². The Hall–Kier alpha value is -1.81. The Bertz CT molecular complexity index is 829. The molecule has 4 heteroatoms. The van der Waals surface area contributed by atoms with Crippen LogP contribution in [0.4, 0.5) is 0 Å². The molecule has 0 atom stereocenters. The lowest BCUT2D eigenvalue weighted by atomic mass is 9.89. The van der Waals surface area contributed by atoms with E-state index in [-0.39, 0.29) is 0 Å². The van der Waals surface area contributed by atoms with E-state index < -0.39 is 0 Å². The highest BCUT2D eigenvalue weighted by molar-refractivity contribution is 7.98. The summed E-state index contributed by atoms with van der Waals surface area (Å²) in [5, 5.41) is 12.6. The number of fused-ring (bicyclic) bond motifs is 1.